The standard InChI is InChI=1S/C12H19N3O4S2/c1-8-5-11(3-4-12(8)21(18,19)14-2)20(16,17)15-10-6-9(13)7-10/h3-5,9-10,14-15H,6-7,13H2,1-2H3. The van der Waals surface area contributed by atoms with Crippen LogP contribution < -0.4 is 15.2 Å². The molecule has 9 heteroatoms. The minimum Gasteiger partial charge on any atom is -0.328 e. The van der Waals surface area contributed by atoms with Gasteiger partial charge in [-0.15, -0.1) is 0 Å². The lowest BCUT2D eigenvalue weighted by molar-refractivity contribution is 0.327. The molecule has 1 aliphatic carbocycles. The molecule has 0 radical (unpaired) electrons. The van der Waals surface area contributed by atoms with Gasteiger partial charge in [-0.1, -0.05) is 0 Å². The van der Waals surface area contributed by atoms with Crippen molar-refractivity contribution in [3.05, 3.63) is 23.8 Å². The van der Waals surface area contributed by atoms with Crippen LogP contribution in [-0.4, -0.2) is 36.0 Å². The summed E-state index contributed by atoms with van der Waals surface area (Å²) in [5.41, 5.74) is 6.00. The second-order valence-corrected chi connectivity index (χ2v) is 8.75. The second-order valence-electron chi connectivity index (χ2n) is 5.18. The number of sulfonamides is 2. The van der Waals surface area contributed by atoms with Crippen LogP contribution in [0.2, 0.25) is 0 Å². The van der Waals surface area contributed by atoms with Crippen LogP contribution in [0.4, 0.5) is 0 Å². The molecule has 118 valence electrons. The van der Waals surface area contributed by atoms with Crippen molar-refractivity contribution in [2.75, 3.05) is 7.05 Å². The van der Waals surface area contributed by atoms with E-state index in [0.717, 1.165) is 0 Å². The van der Waals surface area contributed by atoms with Crippen LogP contribution in [-0.2, 0) is 20.0 Å². The van der Waals surface area contributed by atoms with Crippen LogP contribution in [0.3, 0.4) is 0 Å². The zero-order chi connectivity index (χ0) is 15.8. The van der Waals surface area contributed by atoms with E-state index in [2.05, 4.69) is 9.44 Å². The lowest BCUT2D eigenvalue weighted by atomic mass is 9.89. The first-order valence-electron chi connectivity index (χ1n) is 6.48. The van der Waals surface area contributed by atoms with E-state index >= 15 is 0 Å². The number of rotatable bonds is 5. The van der Waals surface area contributed by atoms with Crippen LogP contribution in [0.25, 0.3) is 0 Å². The molecule has 0 saturated heterocycles. The molecule has 0 aromatic heterocycles. The summed E-state index contributed by atoms with van der Waals surface area (Å²) in [5, 5.41) is 0. The molecule has 21 heavy (non-hydrogen) atoms. The largest absolute Gasteiger partial charge is 0.328 e. The fourth-order valence-corrected chi connectivity index (χ4v) is 4.54. The third-order valence-corrected chi connectivity index (χ3v) is 6.60. The van der Waals surface area contributed by atoms with E-state index in [0.29, 0.717) is 18.4 Å². The quantitative estimate of drug-likeness (QED) is 0.682. The third-order valence-electron chi connectivity index (χ3n) is 3.51. The molecule has 0 heterocycles. The molecule has 1 fully saturated rings. The van der Waals surface area contributed by atoms with Crippen LogP contribution in [0.1, 0.15) is 18.4 Å². The first-order chi connectivity index (χ1) is 9.65. The minimum atomic E-state index is -3.66. The molecular formula is C12H19N3O4S2. The van der Waals surface area contributed by atoms with Crippen molar-refractivity contribution in [3.63, 3.8) is 0 Å². The van der Waals surface area contributed by atoms with Crippen molar-refractivity contribution in [1.29, 1.82) is 0 Å². The maximum Gasteiger partial charge on any atom is 0.240 e. The maximum absolute atomic E-state index is 12.2. The van der Waals surface area contributed by atoms with E-state index in [1.807, 2.05) is 0 Å². The Morgan fingerprint density at radius 2 is 1.76 bits per heavy atom. The van der Waals surface area contributed by atoms with Gasteiger partial charge in [0, 0.05) is 12.1 Å². The normalized spacial score (nSPS) is 22.8. The number of nitrogens with two attached hydrogens (primary N) is 1. The number of aryl methyl sites for hydroxylation is 1. The Morgan fingerprint density at radius 3 is 2.24 bits per heavy atom. The van der Waals surface area contributed by atoms with Gasteiger partial charge >= 0.3 is 0 Å². The monoisotopic (exact) mass is 333 g/mol. The first kappa shape index (κ1) is 16.4. The smallest absolute Gasteiger partial charge is 0.240 e. The highest BCUT2D eigenvalue weighted by Crippen LogP contribution is 2.23. The number of hydrogen-bond donors (Lipinski definition) is 3. The van der Waals surface area contributed by atoms with Gasteiger partial charge in [0.05, 0.1) is 9.79 Å². The van der Waals surface area contributed by atoms with E-state index in [1.165, 1.54) is 25.2 Å². The fraction of sp³-hybridized carbons (Fsp3) is 0.500. The molecule has 7 nitrogen and oxygen atoms in total. The summed E-state index contributed by atoms with van der Waals surface area (Å²) in [7, 11) is -5.95. The average molecular weight is 333 g/mol. The topological polar surface area (TPSA) is 118 Å². The van der Waals surface area contributed by atoms with E-state index in [9.17, 15) is 16.8 Å². The molecule has 0 aliphatic heterocycles. The summed E-state index contributed by atoms with van der Waals surface area (Å²) in [6.07, 6.45) is 1.23. The van der Waals surface area contributed by atoms with Crippen LogP contribution in [0, 0.1) is 6.92 Å². The van der Waals surface area contributed by atoms with Crippen molar-refractivity contribution in [1.82, 2.24) is 9.44 Å². The maximum atomic E-state index is 12.2. The molecular weight excluding hydrogens is 314 g/mol. The van der Waals surface area contributed by atoms with Crippen molar-refractivity contribution in [3.8, 4) is 0 Å². The molecule has 0 spiro atoms. The zero-order valence-corrected chi connectivity index (χ0v) is 13.5. The zero-order valence-electron chi connectivity index (χ0n) is 11.8. The van der Waals surface area contributed by atoms with Gasteiger partial charge in [0.15, 0.2) is 0 Å². The molecule has 1 saturated carbocycles. The molecule has 4 N–H and O–H groups in total. The highest BCUT2D eigenvalue weighted by molar-refractivity contribution is 7.90. The molecule has 2 rings (SSSR count). The fourth-order valence-electron chi connectivity index (χ4n) is 2.25. The molecule has 1 aromatic carbocycles. The minimum absolute atomic E-state index is 0.0441. The lowest BCUT2D eigenvalue weighted by Crippen LogP contribution is -2.50. The van der Waals surface area contributed by atoms with Gasteiger partial charge in [0.1, 0.15) is 0 Å². The third kappa shape index (κ3) is 3.43. The second kappa shape index (κ2) is 5.65. The SMILES string of the molecule is CNS(=O)(=O)c1ccc(S(=O)(=O)NC2CC(N)C2)cc1C. The van der Waals surface area contributed by atoms with Crippen molar-refractivity contribution >= 4 is 20.0 Å². The summed E-state index contributed by atoms with van der Waals surface area (Å²) in [6, 6.07) is 3.83. The number of benzene rings is 1. The Kier molecular flexibility index (Phi) is 4.41. The van der Waals surface area contributed by atoms with Gasteiger partial charge < -0.3 is 5.73 Å². The van der Waals surface area contributed by atoms with Crippen LogP contribution in [0.5, 0.6) is 0 Å². The van der Waals surface area contributed by atoms with E-state index in [1.54, 1.807) is 6.92 Å². The van der Waals surface area contributed by atoms with E-state index in [4.69, 9.17) is 5.73 Å². The lowest BCUT2D eigenvalue weighted by Gasteiger charge is -2.32. The van der Waals surface area contributed by atoms with E-state index in [-0.39, 0.29) is 21.9 Å². The van der Waals surface area contributed by atoms with E-state index < -0.39 is 20.0 Å². The Bertz CT molecular complexity index is 738. The highest BCUT2D eigenvalue weighted by Gasteiger charge is 2.30. The summed E-state index contributed by atoms with van der Waals surface area (Å²) < 4.78 is 52.7. The van der Waals surface area contributed by atoms with Gasteiger partial charge in [-0.2, -0.15) is 0 Å². The van der Waals surface area contributed by atoms with Gasteiger partial charge in [0.25, 0.3) is 0 Å². The first-order valence-corrected chi connectivity index (χ1v) is 9.44. The molecule has 0 unspecified atom stereocenters. The van der Waals surface area contributed by atoms with Gasteiger partial charge in [-0.3, -0.25) is 0 Å². The van der Waals surface area contributed by atoms with Crippen LogP contribution in [0.15, 0.2) is 28.0 Å². The molecule has 1 aromatic rings. The predicted octanol–water partition coefficient (Wildman–Crippen LogP) is -0.329. The Balaban J connectivity index is 2.27. The molecule has 0 amide bonds. The van der Waals surface area contributed by atoms with Crippen molar-refractivity contribution < 1.29 is 16.8 Å². The van der Waals surface area contributed by atoms with Gasteiger partial charge in [-0.05, 0) is 50.6 Å². The average Bonchev–Trinajstić information content (AvgIpc) is 2.36. The summed E-state index contributed by atoms with van der Waals surface area (Å²) in [5.74, 6) is 0. The van der Waals surface area contributed by atoms with Gasteiger partial charge in [0.2, 0.25) is 20.0 Å². The van der Waals surface area contributed by atoms with Gasteiger partial charge in [-0.25, -0.2) is 26.3 Å². The number of hydrogen-bond acceptors (Lipinski definition) is 5. The highest BCUT2D eigenvalue weighted by atomic mass is 32.2. The van der Waals surface area contributed by atoms with Crippen LogP contribution >= 0.6 is 0 Å². The Hall–Kier alpha value is -1.00. The Labute approximate surface area is 125 Å². The molecule has 0 atom stereocenters. The van der Waals surface area contributed by atoms with Crippen molar-refractivity contribution in [2.24, 2.45) is 5.73 Å². The molecule has 0 bridgehead atoms. The molecule has 1 aliphatic rings. The summed E-state index contributed by atoms with van der Waals surface area (Å²) in [4.78, 5) is 0.116. The van der Waals surface area contributed by atoms with Crippen molar-refractivity contribution in [2.45, 2.75) is 41.6 Å². The summed E-state index contributed by atoms with van der Waals surface area (Å²) in [6.45, 7) is 1.56. The number of nitrogens with one attached hydrogen (secondary N) is 2. The summed E-state index contributed by atoms with van der Waals surface area (Å²) >= 11 is 0. The Morgan fingerprint density at radius 1 is 1.14 bits per heavy atom. The predicted molar refractivity (Wildman–Crippen MR) is 78.7 cm³/mol.